The van der Waals surface area contributed by atoms with Crippen LogP contribution in [0, 0.1) is 0 Å². The molecule has 1 aromatic heterocycles. The summed E-state index contributed by atoms with van der Waals surface area (Å²) in [7, 11) is 1.88. The molecule has 0 bridgehead atoms. The Morgan fingerprint density at radius 3 is 2.92 bits per heavy atom. The molecule has 0 spiro atoms. The maximum absolute atomic E-state index is 9.09. The second-order valence-electron chi connectivity index (χ2n) is 2.68. The van der Waals surface area contributed by atoms with E-state index in [9.17, 15) is 0 Å². The van der Waals surface area contributed by atoms with Crippen molar-refractivity contribution in [2.24, 2.45) is 0 Å². The minimum Gasteiger partial charge on any atom is -0.392 e. The minimum atomic E-state index is -0.349. The van der Waals surface area contributed by atoms with Crippen LogP contribution in [0.3, 0.4) is 0 Å². The van der Waals surface area contributed by atoms with Crippen LogP contribution >= 0.6 is 22.9 Å². The van der Waals surface area contributed by atoms with Crippen molar-refractivity contribution in [2.45, 2.75) is 13.0 Å². The van der Waals surface area contributed by atoms with E-state index in [0.29, 0.717) is 10.9 Å². The first-order valence-corrected chi connectivity index (χ1v) is 4.79. The van der Waals surface area contributed by atoms with Crippen LogP contribution in [0.4, 0.5) is 5.13 Å². The van der Waals surface area contributed by atoms with Gasteiger partial charge in [0.2, 0.25) is 0 Å². The van der Waals surface area contributed by atoms with E-state index in [4.69, 9.17) is 16.7 Å². The van der Waals surface area contributed by atoms with Crippen LogP contribution in [0.2, 0.25) is 4.34 Å². The normalized spacial score (nSPS) is 13.0. The van der Waals surface area contributed by atoms with E-state index < -0.39 is 0 Å². The zero-order valence-electron chi connectivity index (χ0n) is 6.99. The molecule has 1 rings (SSSR count). The maximum Gasteiger partial charge on any atom is 0.186 e. The number of rotatable bonds is 3. The van der Waals surface area contributed by atoms with Crippen molar-refractivity contribution in [1.82, 2.24) is 4.98 Å². The Labute approximate surface area is 80.6 Å². The largest absolute Gasteiger partial charge is 0.392 e. The van der Waals surface area contributed by atoms with Crippen LogP contribution in [-0.4, -0.2) is 29.8 Å². The lowest BCUT2D eigenvalue weighted by molar-refractivity contribution is 0.201. The fourth-order valence-electron chi connectivity index (χ4n) is 0.897. The smallest absolute Gasteiger partial charge is 0.186 e. The highest BCUT2D eigenvalue weighted by Crippen LogP contribution is 2.25. The highest BCUT2D eigenvalue weighted by Gasteiger charge is 2.07. The van der Waals surface area contributed by atoms with Gasteiger partial charge in [0.1, 0.15) is 4.34 Å². The summed E-state index contributed by atoms with van der Waals surface area (Å²) in [4.78, 5) is 5.95. The predicted molar refractivity (Wildman–Crippen MR) is 52.1 cm³/mol. The number of anilines is 1. The number of likely N-dealkylation sites (N-methyl/N-ethyl adjacent to an activating group) is 1. The third kappa shape index (κ3) is 2.62. The molecule has 0 aromatic carbocycles. The van der Waals surface area contributed by atoms with E-state index in [-0.39, 0.29) is 6.10 Å². The van der Waals surface area contributed by atoms with Gasteiger partial charge in [-0.05, 0) is 6.92 Å². The zero-order chi connectivity index (χ0) is 9.14. The molecule has 0 aliphatic heterocycles. The van der Waals surface area contributed by atoms with Crippen molar-refractivity contribution in [3.8, 4) is 0 Å². The van der Waals surface area contributed by atoms with E-state index in [0.717, 1.165) is 5.13 Å². The van der Waals surface area contributed by atoms with Gasteiger partial charge in [-0.25, -0.2) is 4.98 Å². The first-order valence-electron chi connectivity index (χ1n) is 3.60. The summed E-state index contributed by atoms with van der Waals surface area (Å²) < 4.78 is 0.669. The molecule has 5 heteroatoms. The minimum absolute atomic E-state index is 0.349. The average Bonchev–Trinajstić information content (AvgIpc) is 2.34. The van der Waals surface area contributed by atoms with Crippen LogP contribution < -0.4 is 4.90 Å². The molecule has 0 aliphatic carbocycles. The Morgan fingerprint density at radius 1 is 1.83 bits per heavy atom. The molecule has 0 aliphatic rings. The van der Waals surface area contributed by atoms with Crippen LogP contribution in [0.15, 0.2) is 6.20 Å². The molecular weight excluding hydrogens is 196 g/mol. The summed E-state index contributed by atoms with van der Waals surface area (Å²) in [6, 6.07) is 0. The molecule has 68 valence electrons. The van der Waals surface area contributed by atoms with Gasteiger partial charge in [-0.15, -0.1) is 0 Å². The van der Waals surface area contributed by atoms with Crippen molar-refractivity contribution in [3.05, 3.63) is 10.5 Å². The van der Waals surface area contributed by atoms with E-state index in [1.807, 2.05) is 11.9 Å². The predicted octanol–water partition coefficient (Wildman–Crippen LogP) is 1.61. The number of nitrogens with zero attached hydrogens (tertiary/aromatic N) is 2. The van der Waals surface area contributed by atoms with Crippen molar-refractivity contribution < 1.29 is 5.11 Å². The third-order valence-corrected chi connectivity index (χ3v) is 2.56. The van der Waals surface area contributed by atoms with Gasteiger partial charge >= 0.3 is 0 Å². The Bertz CT molecular complexity index is 251. The zero-order valence-corrected chi connectivity index (χ0v) is 8.56. The number of aromatic nitrogens is 1. The fourth-order valence-corrected chi connectivity index (χ4v) is 1.77. The van der Waals surface area contributed by atoms with Gasteiger partial charge in [0, 0.05) is 13.6 Å². The molecule has 1 N–H and O–H groups in total. The standard InChI is InChI=1S/C7H11ClN2OS/c1-5(11)4-10(2)7-9-3-6(8)12-7/h3,5,11H,4H2,1-2H3. The third-order valence-electron chi connectivity index (χ3n) is 1.33. The van der Waals surface area contributed by atoms with Crippen LogP contribution in [0.1, 0.15) is 6.92 Å². The lowest BCUT2D eigenvalue weighted by Gasteiger charge is -2.16. The monoisotopic (exact) mass is 206 g/mol. The van der Waals surface area contributed by atoms with Crippen molar-refractivity contribution in [2.75, 3.05) is 18.5 Å². The summed E-state index contributed by atoms with van der Waals surface area (Å²) in [5.41, 5.74) is 0. The van der Waals surface area contributed by atoms with Gasteiger partial charge in [-0.1, -0.05) is 22.9 Å². The van der Waals surface area contributed by atoms with Gasteiger partial charge in [-0.2, -0.15) is 0 Å². The first kappa shape index (κ1) is 9.77. The molecule has 1 unspecified atom stereocenters. The van der Waals surface area contributed by atoms with Gasteiger partial charge in [0.05, 0.1) is 12.3 Å². The van der Waals surface area contributed by atoms with Gasteiger partial charge < -0.3 is 10.0 Å². The Hall–Kier alpha value is -0.320. The highest BCUT2D eigenvalue weighted by molar-refractivity contribution is 7.19. The van der Waals surface area contributed by atoms with E-state index in [1.165, 1.54) is 11.3 Å². The van der Waals surface area contributed by atoms with Gasteiger partial charge in [-0.3, -0.25) is 0 Å². The van der Waals surface area contributed by atoms with Gasteiger partial charge in [0.15, 0.2) is 5.13 Å². The van der Waals surface area contributed by atoms with Crippen LogP contribution in [0.25, 0.3) is 0 Å². The average molecular weight is 207 g/mol. The van der Waals surface area contributed by atoms with E-state index >= 15 is 0 Å². The second kappa shape index (κ2) is 4.07. The molecule has 1 atom stereocenters. The van der Waals surface area contributed by atoms with E-state index in [1.54, 1.807) is 13.1 Å². The SMILES string of the molecule is CC(O)CN(C)c1ncc(Cl)s1. The molecule has 3 nitrogen and oxygen atoms in total. The maximum atomic E-state index is 9.09. The quantitative estimate of drug-likeness (QED) is 0.817. The molecule has 1 heterocycles. The Morgan fingerprint density at radius 2 is 2.50 bits per heavy atom. The second-order valence-corrected chi connectivity index (χ2v) is 4.32. The number of thiazole rings is 1. The number of halogens is 1. The summed E-state index contributed by atoms with van der Waals surface area (Å²) in [5, 5.41) is 9.93. The summed E-state index contributed by atoms with van der Waals surface area (Å²) in [6.07, 6.45) is 1.26. The molecule has 0 fully saturated rings. The van der Waals surface area contributed by atoms with Crippen molar-refractivity contribution in [1.29, 1.82) is 0 Å². The number of aliphatic hydroxyl groups excluding tert-OH is 1. The number of hydrogen-bond acceptors (Lipinski definition) is 4. The summed E-state index contributed by atoms with van der Waals surface area (Å²) >= 11 is 7.11. The van der Waals surface area contributed by atoms with Gasteiger partial charge in [0.25, 0.3) is 0 Å². The lowest BCUT2D eigenvalue weighted by Crippen LogP contribution is -2.26. The molecule has 0 saturated carbocycles. The lowest BCUT2D eigenvalue weighted by atomic mass is 10.4. The van der Waals surface area contributed by atoms with Crippen LogP contribution in [0.5, 0.6) is 0 Å². The Balaban J connectivity index is 2.58. The highest BCUT2D eigenvalue weighted by atomic mass is 35.5. The molecule has 0 radical (unpaired) electrons. The van der Waals surface area contributed by atoms with Crippen molar-refractivity contribution >= 4 is 28.1 Å². The Kier molecular flexibility index (Phi) is 3.31. The number of hydrogen-bond donors (Lipinski definition) is 1. The van der Waals surface area contributed by atoms with Crippen LogP contribution in [-0.2, 0) is 0 Å². The summed E-state index contributed by atoms with van der Waals surface area (Å²) in [6.45, 7) is 2.32. The van der Waals surface area contributed by atoms with E-state index in [2.05, 4.69) is 4.98 Å². The topological polar surface area (TPSA) is 36.4 Å². The molecule has 0 saturated heterocycles. The molecule has 0 amide bonds. The number of aliphatic hydroxyl groups is 1. The summed E-state index contributed by atoms with van der Waals surface area (Å²) in [5.74, 6) is 0. The first-order chi connectivity index (χ1) is 5.59. The fraction of sp³-hybridized carbons (Fsp3) is 0.571. The van der Waals surface area contributed by atoms with Crippen molar-refractivity contribution in [3.63, 3.8) is 0 Å². The molecular formula is C7H11ClN2OS. The molecule has 1 aromatic rings. The molecule has 12 heavy (non-hydrogen) atoms.